The summed E-state index contributed by atoms with van der Waals surface area (Å²) < 4.78 is 1.82. The second kappa shape index (κ2) is 4.45. The molecule has 0 radical (unpaired) electrons. The standard InChI is InChI=1S/C12H21N3O/c1-12(2,16)10-15-9-11(8-13-15)14-6-4-3-5-7-14/h8-9,16H,3-7,10H2,1-2H3. The van der Waals surface area contributed by atoms with Gasteiger partial charge in [-0.3, -0.25) is 4.68 Å². The van der Waals surface area contributed by atoms with E-state index in [4.69, 9.17) is 0 Å². The van der Waals surface area contributed by atoms with Crippen LogP contribution < -0.4 is 4.90 Å². The van der Waals surface area contributed by atoms with Gasteiger partial charge in [0.05, 0.1) is 24.0 Å². The summed E-state index contributed by atoms with van der Waals surface area (Å²) in [5.41, 5.74) is 0.481. The molecule has 1 aromatic heterocycles. The van der Waals surface area contributed by atoms with Crippen molar-refractivity contribution in [3.05, 3.63) is 12.4 Å². The van der Waals surface area contributed by atoms with Crippen LogP contribution in [0.4, 0.5) is 5.69 Å². The SMILES string of the molecule is CC(C)(O)Cn1cc(N2CCCCC2)cn1. The van der Waals surface area contributed by atoms with Gasteiger partial charge in [-0.1, -0.05) is 0 Å². The van der Waals surface area contributed by atoms with E-state index in [-0.39, 0.29) is 0 Å². The molecule has 2 rings (SSSR count). The van der Waals surface area contributed by atoms with Gasteiger partial charge in [-0.15, -0.1) is 0 Å². The van der Waals surface area contributed by atoms with E-state index in [0.717, 1.165) is 13.1 Å². The van der Waals surface area contributed by atoms with Crippen molar-refractivity contribution in [2.24, 2.45) is 0 Å². The molecule has 1 saturated heterocycles. The molecule has 90 valence electrons. The number of hydrogen-bond donors (Lipinski definition) is 1. The highest BCUT2D eigenvalue weighted by Crippen LogP contribution is 2.19. The number of piperidine rings is 1. The number of hydrogen-bond acceptors (Lipinski definition) is 3. The first-order valence-electron chi connectivity index (χ1n) is 6.04. The molecule has 16 heavy (non-hydrogen) atoms. The molecule has 1 aromatic rings. The maximum absolute atomic E-state index is 9.72. The van der Waals surface area contributed by atoms with E-state index >= 15 is 0 Å². The lowest BCUT2D eigenvalue weighted by molar-refractivity contribution is 0.0577. The minimum Gasteiger partial charge on any atom is -0.389 e. The predicted octanol–water partition coefficient (Wildman–Crippen LogP) is 1.64. The highest BCUT2D eigenvalue weighted by molar-refractivity contribution is 5.42. The quantitative estimate of drug-likeness (QED) is 0.847. The summed E-state index contributed by atoms with van der Waals surface area (Å²) in [5.74, 6) is 0. The molecule has 0 bridgehead atoms. The van der Waals surface area contributed by atoms with Crippen molar-refractivity contribution in [3.8, 4) is 0 Å². The van der Waals surface area contributed by atoms with Gasteiger partial charge in [-0.25, -0.2) is 0 Å². The predicted molar refractivity (Wildman–Crippen MR) is 64.6 cm³/mol. The maximum atomic E-state index is 9.72. The van der Waals surface area contributed by atoms with Gasteiger partial charge < -0.3 is 10.0 Å². The third kappa shape index (κ3) is 2.98. The Bertz CT molecular complexity index is 334. The summed E-state index contributed by atoms with van der Waals surface area (Å²) in [4.78, 5) is 2.37. The molecule has 2 heterocycles. The average molecular weight is 223 g/mol. The van der Waals surface area contributed by atoms with Gasteiger partial charge in [-0.05, 0) is 33.1 Å². The van der Waals surface area contributed by atoms with Crippen molar-refractivity contribution in [2.75, 3.05) is 18.0 Å². The third-order valence-corrected chi connectivity index (χ3v) is 2.89. The maximum Gasteiger partial charge on any atom is 0.0786 e. The normalized spacial score (nSPS) is 17.8. The number of nitrogens with zero attached hydrogens (tertiary/aromatic N) is 3. The molecule has 1 N–H and O–H groups in total. The monoisotopic (exact) mass is 223 g/mol. The molecule has 0 amide bonds. The van der Waals surface area contributed by atoms with E-state index in [1.807, 2.05) is 17.1 Å². The molecule has 0 atom stereocenters. The third-order valence-electron chi connectivity index (χ3n) is 2.89. The topological polar surface area (TPSA) is 41.3 Å². The summed E-state index contributed by atoms with van der Waals surface area (Å²) in [6.07, 6.45) is 7.82. The molecule has 0 spiro atoms. The molecular formula is C12H21N3O. The van der Waals surface area contributed by atoms with Crippen molar-refractivity contribution < 1.29 is 5.11 Å². The molecule has 0 aliphatic carbocycles. The van der Waals surface area contributed by atoms with E-state index in [0.29, 0.717) is 6.54 Å². The fourth-order valence-electron chi connectivity index (χ4n) is 2.15. The van der Waals surface area contributed by atoms with Crippen LogP contribution in [0.1, 0.15) is 33.1 Å². The fourth-order valence-corrected chi connectivity index (χ4v) is 2.15. The average Bonchev–Trinajstić information content (AvgIpc) is 2.65. The van der Waals surface area contributed by atoms with Crippen molar-refractivity contribution in [1.29, 1.82) is 0 Å². The molecule has 0 aromatic carbocycles. The molecule has 1 aliphatic rings. The lowest BCUT2D eigenvalue weighted by atomic mass is 10.1. The van der Waals surface area contributed by atoms with Gasteiger partial charge in [0.2, 0.25) is 0 Å². The Hall–Kier alpha value is -1.03. The smallest absolute Gasteiger partial charge is 0.0786 e. The van der Waals surface area contributed by atoms with Crippen LogP contribution in [0.25, 0.3) is 0 Å². The van der Waals surface area contributed by atoms with Crippen LogP contribution in [0.15, 0.2) is 12.4 Å². The summed E-state index contributed by atoms with van der Waals surface area (Å²) in [6.45, 7) is 6.41. The van der Waals surface area contributed by atoms with Crippen LogP contribution in [0.2, 0.25) is 0 Å². The Balaban J connectivity index is 2.01. The molecule has 0 unspecified atom stereocenters. The van der Waals surface area contributed by atoms with Crippen LogP contribution in [-0.2, 0) is 6.54 Å². The van der Waals surface area contributed by atoms with Crippen molar-refractivity contribution in [1.82, 2.24) is 9.78 Å². The van der Waals surface area contributed by atoms with Crippen LogP contribution in [0, 0.1) is 0 Å². The summed E-state index contributed by atoms with van der Waals surface area (Å²) in [6, 6.07) is 0. The second-order valence-electron chi connectivity index (χ2n) is 5.26. The first kappa shape index (κ1) is 11.5. The lowest BCUT2D eigenvalue weighted by Gasteiger charge is -2.27. The zero-order valence-electron chi connectivity index (χ0n) is 10.2. The van der Waals surface area contributed by atoms with Gasteiger partial charge in [0, 0.05) is 19.3 Å². The molecular weight excluding hydrogens is 202 g/mol. The highest BCUT2D eigenvalue weighted by atomic mass is 16.3. The van der Waals surface area contributed by atoms with Crippen molar-refractivity contribution >= 4 is 5.69 Å². The van der Waals surface area contributed by atoms with Gasteiger partial charge in [0.15, 0.2) is 0 Å². The Kier molecular flexibility index (Phi) is 3.19. The number of aromatic nitrogens is 2. The Morgan fingerprint density at radius 1 is 1.31 bits per heavy atom. The summed E-state index contributed by atoms with van der Waals surface area (Å²) in [7, 11) is 0. The minimum atomic E-state index is -0.703. The van der Waals surface area contributed by atoms with Crippen molar-refractivity contribution in [3.63, 3.8) is 0 Å². The number of aliphatic hydroxyl groups is 1. The van der Waals surface area contributed by atoms with Gasteiger partial charge >= 0.3 is 0 Å². The molecule has 4 heteroatoms. The minimum absolute atomic E-state index is 0.542. The number of anilines is 1. The fraction of sp³-hybridized carbons (Fsp3) is 0.750. The Morgan fingerprint density at radius 3 is 2.62 bits per heavy atom. The van der Waals surface area contributed by atoms with Crippen LogP contribution >= 0.6 is 0 Å². The molecule has 1 fully saturated rings. The van der Waals surface area contributed by atoms with Gasteiger partial charge in [0.25, 0.3) is 0 Å². The first-order chi connectivity index (χ1) is 7.54. The van der Waals surface area contributed by atoms with E-state index in [9.17, 15) is 5.11 Å². The zero-order chi connectivity index (χ0) is 11.6. The van der Waals surface area contributed by atoms with Crippen molar-refractivity contribution in [2.45, 2.75) is 45.3 Å². The van der Waals surface area contributed by atoms with E-state index in [1.54, 1.807) is 13.8 Å². The lowest BCUT2D eigenvalue weighted by Crippen LogP contribution is -2.29. The molecule has 4 nitrogen and oxygen atoms in total. The molecule has 1 aliphatic heterocycles. The van der Waals surface area contributed by atoms with Gasteiger partial charge in [-0.2, -0.15) is 5.10 Å². The second-order valence-corrected chi connectivity index (χ2v) is 5.26. The van der Waals surface area contributed by atoms with Gasteiger partial charge in [0.1, 0.15) is 0 Å². The Labute approximate surface area is 96.9 Å². The van der Waals surface area contributed by atoms with Crippen LogP contribution in [0.3, 0.4) is 0 Å². The highest BCUT2D eigenvalue weighted by Gasteiger charge is 2.16. The van der Waals surface area contributed by atoms with E-state index in [1.165, 1.54) is 24.9 Å². The number of rotatable bonds is 3. The summed E-state index contributed by atoms with van der Waals surface area (Å²) >= 11 is 0. The van der Waals surface area contributed by atoms with E-state index in [2.05, 4.69) is 10.00 Å². The van der Waals surface area contributed by atoms with Crippen LogP contribution in [-0.4, -0.2) is 33.6 Å². The van der Waals surface area contributed by atoms with E-state index < -0.39 is 5.60 Å². The zero-order valence-corrected chi connectivity index (χ0v) is 10.2. The van der Waals surface area contributed by atoms with Crippen LogP contribution in [0.5, 0.6) is 0 Å². The molecule has 0 saturated carbocycles. The summed E-state index contributed by atoms with van der Waals surface area (Å²) in [5, 5.41) is 14.0. The Morgan fingerprint density at radius 2 is 2.00 bits per heavy atom. The first-order valence-corrected chi connectivity index (χ1v) is 6.04. The largest absolute Gasteiger partial charge is 0.389 e.